The maximum absolute atomic E-state index is 10.4. The SMILES string of the molecule is CC(CCCCC(=N)N)N[C-]=O.CC(CCCCN)C([NH-])=O.CCC(CO[N+](=O)[O-])OO.CCC(CO[N+](=O)[O-])OO.O=[N+]([O-])O.O=[N+]([O-])O.[Y].[Y]. The summed E-state index contributed by atoms with van der Waals surface area (Å²) in [6.45, 7) is 7.35. The molecule has 0 spiro atoms. The summed E-state index contributed by atoms with van der Waals surface area (Å²) in [5, 5.41) is 70.2. The van der Waals surface area contributed by atoms with Gasteiger partial charge in [-0.2, -0.15) is 6.41 Å². The van der Waals surface area contributed by atoms with Crippen molar-refractivity contribution in [1.82, 2.24) is 5.32 Å². The van der Waals surface area contributed by atoms with E-state index in [0.29, 0.717) is 25.8 Å². The van der Waals surface area contributed by atoms with E-state index < -0.39 is 38.5 Å². The molecule has 4 unspecified atom stereocenters. The molecule has 0 aromatic rings. The number of amides is 2. The molecule has 0 heterocycles. The third-order valence-electron chi connectivity index (χ3n) is 5.12. The van der Waals surface area contributed by atoms with Crippen molar-refractivity contribution in [2.45, 2.75) is 104 Å². The molecule has 0 aliphatic carbocycles. The fourth-order valence-corrected chi connectivity index (χ4v) is 2.40. The Morgan fingerprint density at radius 3 is 1.46 bits per heavy atom. The normalized spacial score (nSPS) is 11.1. The molecular weight excluding hydrogens is 868 g/mol. The summed E-state index contributed by atoms with van der Waals surface area (Å²) >= 11 is 0. The average Bonchev–Trinajstić information content (AvgIpc) is 3.00. The minimum Gasteiger partial charge on any atom is -0.668 e. The van der Waals surface area contributed by atoms with Crippen LogP contribution in [0.3, 0.4) is 0 Å². The Morgan fingerprint density at radius 1 is 0.846 bits per heavy atom. The molecule has 0 saturated heterocycles. The maximum Gasteiger partial charge on any atom is 0.294 e. The number of rotatable bonds is 22. The summed E-state index contributed by atoms with van der Waals surface area (Å²) in [6, 6.07) is 0.175. The summed E-state index contributed by atoms with van der Waals surface area (Å²) in [5.74, 6) is -0.332. The largest absolute Gasteiger partial charge is 0.668 e. The van der Waals surface area contributed by atoms with Crippen LogP contribution in [-0.4, -0.2) is 97.4 Å². The van der Waals surface area contributed by atoms with Gasteiger partial charge in [0.05, 0.1) is 11.7 Å². The van der Waals surface area contributed by atoms with Crippen LogP contribution in [0.4, 0.5) is 0 Å². The van der Waals surface area contributed by atoms with Gasteiger partial charge in [-0.1, -0.05) is 33.6 Å². The van der Waals surface area contributed by atoms with Gasteiger partial charge in [0.25, 0.3) is 20.3 Å². The van der Waals surface area contributed by atoms with Gasteiger partial charge in [-0.25, -0.2) is 9.78 Å². The molecule has 2 radical (unpaired) electrons. The number of hydrogen-bond acceptors (Lipinski definition) is 18. The Morgan fingerprint density at radius 2 is 1.21 bits per heavy atom. The van der Waals surface area contributed by atoms with Crippen LogP contribution >= 0.6 is 0 Å². The number of nitrogens with one attached hydrogen (secondary N) is 3. The van der Waals surface area contributed by atoms with Crippen molar-refractivity contribution >= 4 is 18.2 Å². The van der Waals surface area contributed by atoms with Gasteiger partial charge in [0, 0.05) is 71.8 Å². The Labute approximate surface area is 349 Å². The van der Waals surface area contributed by atoms with Crippen LogP contribution in [0.2, 0.25) is 0 Å². The molecule has 0 aromatic carbocycles. The van der Waals surface area contributed by atoms with Gasteiger partial charge in [-0.3, -0.25) is 15.9 Å². The first-order valence-electron chi connectivity index (χ1n) is 14.4. The standard InChI is InChI=1S/C8H16N3O.C7H16N2O.2C4H9NO5.2HNO3.2Y/c1-7(11-6-12)4-2-3-5-8(9)10;1-6(7(9)10)4-2-3-5-8;2*1-2-4(10-8)3-9-5(6)7;2*2-1(3)4;;/h7H,2-5H2,1H3,(H3,9,10)(H,11,12);6H,2-5,8H2,1H3,(H2,9,10);2*4,8H,2-3H2,1H3;2*(H,2,3,4);;/q-1;;;;;;;/p-1. The van der Waals surface area contributed by atoms with E-state index >= 15 is 0 Å². The number of nitrogens with zero attached hydrogens (tertiary/aromatic N) is 4. The van der Waals surface area contributed by atoms with E-state index in [4.69, 9.17) is 63.8 Å². The monoisotopic (exact) mass is 919 g/mol. The number of amidine groups is 1. The van der Waals surface area contributed by atoms with Crippen LogP contribution in [-0.2, 0) is 94.5 Å². The van der Waals surface area contributed by atoms with Crippen molar-refractivity contribution in [2.24, 2.45) is 17.4 Å². The van der Waals surface area contributed by atoms with E-state index in [2.05, 4.69) is 24.8 Å². The van der Waals surface area contributed by atoms with Gasteiger partial charge in [0.1, 0.15) is 25.4 Å². The molecule has 0 fully saturated rings. The molecular formula is C23H51N9O18Y2-2. The summed E-state index contributed by atoms with van der Waals surface area (Å²) in [4.78, 5) is 71.6. The van der Waals surface area contributed by atoms with Crippen LogP contribution < -0.4 is 16.8 Å². The third kappa shape index (κ3) is 86.1. The quantitative estimate of drug-likeness (QED) is 0.0113. The van der Waals surface area contributed by atoms with Crippen molar-refractivity contribution in [2.75, 3.05) is 19.8 Å². The second-order valence-corrected chi connectivity index (χ2v) is 9.25. The van der Waals surface area contributed by atoms with Crippen molar-refractivity contribution in [3.05, 3.63) is 46.2 Å². The van der Waals surface area contributed by atoms with E-state index in [1.165, 1.54) is 0 Å². The predicted molar refractivity (Wildman–Crippen MR) is 169 cm³/mol. The molecule has 0 aliphatic rings. The molecule has 52 heavy (non-hydrogen) atoms. The van der Waals surface area contributed by atoms with Crippen LogP contribution in [0.15, 0.2) is 0 Å². The number of hydrogen-bond donors (Lipinski definition) is 8. The molecule has 0 aromatic heterocycles. The Bertz CT molecular complexity index is 835. The first-order chi connectivity index (χ1) is 23.2. The second-order valence-electron chi connectivity index (χ2n) is 9.25. The number of carbonyl (C=O) groups is 1. The molecule has 27 nitrogen and oxygen atoms in total. The molecule has 0 aliphatic heterocycles. The predicted octanol–water partition coefficient (Wildman–Crippen LogP) is 2.08. The molecule has 0 rings (SSSR count). The van der Waals surface area contributed by atoms with E-state index in [-0.39, 0.29) is 96.4 Å². The van der Waals surface area contributed by atoms with Gasteiger partial charge >= 0.3 is 0 Å². The van der Waals surface area contributed by atoms with Crippen LogP contribution in [0.1, 0.15) is 85.5 Å². The summed E-state index contributed by atoms with van der Waals surface area (Å²) in [6.07, 6.45) is 7.53. The van der Waals surface area contributed by atoms with Gasteiger partial charge in [-0.05, 0) is 64.0 Å². The molecule has 29 heteroatoms. The topological polar surface area (TPSA) is 436 Å². The van der Waals surface area contributed by atoms with Crippen molar-refractivity contribution in [3.8, 4) is 0 Å². The van der Waals surface area contributed by atoms with E-state index in [1.54, 1.807) is 27.2 Å². The maximum atomic E-state index is 10.4. The Balaban J connectivity index is -0.0000000765. The third-order valence-corrected chi connectivity index (χ3v) is 5.12. The zero-order valence-electron chi connectivity index (χ0n) is 29.4. The minimum absolute atomic E-state index is 0. The summed E-state index contributed by atoms with van der Waals surface area (Å²) in [7, 11) is 0. The Kier molecular flexibility index (Phi) is 68.1. The zero-order valence-corrected chi connectivity index (χ0v) is 35.1. The zero-order chi connectivity index (χ0) is 40.5. The van der Waals surface area contributed by atoms with Gasteiger partial charge in [-0.15, -0.1) is 40.5 Å². The van der Waals surface area contributed by atoms with Crippen LogP contribution in [0, 0.1) is 51.8 Å². The molecule has 0 bridgehead atoms. The van der Waals surface area contributed by atoms with Crippen LogP contribution in [0.25, 0.3) is 5.73 Å². The van der Waals surface area contributed by atoms with Crippen molar-refractivity contribution < 1.29 is 136 Å². The summed E-state index contributed by atoms with van der Waals surface area (Å²) in [5.41, 5.74) is 17.2. The van der Waals surface area contributed by atoms with E-state index in [1.807, 2.05) is 6.92 Å². The van der Waals surface area contributed by atoms with Crippen LogP contribution in [0.5, 0.6) is 0 Å². The van der Waals surface area contributed by atoms with Gasteiger partial charge in [0.15, 0.2) is 0 Å². The first kappa shape index (κ1) is 67.4. The fourth-order valence-electron chi connectivity index (χ4n) is 2.40. The number of unbranched alkanes of at least 4 members (excludes halogenated alkanes) is 2. The number of carbonyl (C=O) groups excluding carboxylic acids is 2. The van der Waals surface area contributed by atoms with E-state index in [9.17, 15) is 29.8 Å². The minimum atomic E-state index is -1.50. The fraction of sp³-hybridized carbons (Fsp3) is 0.870. The molecule has 0 saturated carbocycles. The first-order valence-corrected chi connectivity index (χ1v) is 14.4. The molecule has 2 amide bonds. The Hall–Kier alpha value is -2.78. The van der Waals surface area contributed by atoms with Gasteiger partial charge < -0.3 is 52.2 Å². The number of nitrogens with two attached hydrogens (primary N) is 2. The molecule has 4 atom stereocenters. The van der Waals surface area contributed by atoms with E-state index in [0.717, 1.165) is 38.5 Å². The van der Waals surface area contributed by atoms with Crippen molar-refractivity contribution in [1.29, 1.82) is 5.41 Å². The smallest absolute Gasteiger partial charge is 0.294 e. The van der Waals surface area contributed by atoms with Gasteiger partial charge in [0.2, 0.25) is 0 Å². The van der Waals surface area contributed by atoms with Crippen molar-refractivity contribution in [3.63, 3.8) is 0 Å². The average molecular weight is 920 g/mol. The summed E-state index contributed by atoms with van der Waals surface area (Å²) < 4.78 is 0. The molecule has 304 valence electrons. The molecule has 11 N–H and O–H groups in total. The second kappa shape index (κ2) is 52.6.